The molecule has 0 spiro atoms. The summed E-state index contributed by atoms with van der Waals surface area (Å²) in [6.45, 7) is 0.735. The maximum Gasteiger partial charge on any atom is 0.0114 e. The van der Waals surface area contributed by atoms with Crippen LogP contribution in [0.5, 0.6) is 0 Å². The zero-order valence-electron chi connectivity index (χ0n) is 4.42. The lowest BCUT2D eigenvalue weighted by molar-refractivity contribution is 0.535. The molecule has 0 aliphatic heterocycles. The average molecular weight is 154 g/mol. The van der Waals surface area contributed by atoms with E-state index in [0.717, 1.165) is 6.54 Å². The highest BCUT2D eigenvalue weighted by Gasteiger charge is 1.82. The molecular weight excluding hydrogens is 145 g/mol. The van der Waals surface area contributed by atoms with Gasteiger partial charge in [-0.15, -0.1) is 0 Å². The second-order valence-corrected chi connectivity index (χ2v) is 2.74. The Morgan fingerprint density at radius 2 is 2.38 bits per heavy atom. The summed E-state index contributed by atoms with van der Waals surface area (Å²) >= 11 is -1.87. The third-order valence-electron chi connectivity index (χ3n) is 0.632. The van der Waals surface area contributed by atoms with Crippen LogP contribution < -0.4 is 5.09 Å². The molecule has 5 heteroatoms. The molecule has 3 nitrogen and oxygen atoms in total. The predicted molar refractivity (Wildman–Crippen MR) is 36.1 cm³/mol. The van der Waals surface area contributed by atoms with Crippen LogP contribution in [-0.4, -0.2) is 21.1 Å². The zero-order chi connectivity index (χ0) is 6.41. The molecule has 0 saturated heterocycles. The molecule has 0 heterocycles. The van der Waals surface area contributed by atoms with Crippen molar-refractivity contribution in [1.82, 2.24) is 5.09 Å². The molecule has 50 valence electrons. The minimum Gasteiger partial charge on any atom is -0.772 e. The average Bonchev–Trinajstić information content (AvgIpc) is 1.66. The van der Waals surface area contributed by atoms with Crippen molar-refractivity contribution in [3.8, 4) is 0 Å². The molecule has 0 amide bonds. The Bertz CT molecular complexity index is 79.7. The van der Waals surface area contributed by atoms with E-state index in [1.165, 1.54) is 0 Å². The van der Waals surface area contributed by atoms with Crippen LogP contribution in [0, 0.1) is 0 Å². The third kappa shape index (κ3) is 6.50. The molecule has 0 radical (unpaired) electrons. The van der Waals surface area contributed by atoms with E-state index in [1.54, 1.807) is 0 Å². The molecule has 0 aliphatic carbocycles. The Balaban J connectivity index is 2.82. The van der Waals surface area contributed by atoms with Crippen molar-refractivity contribution in [2.75, 3.05) is 12.3 Å². The monoisotopic (exact) mass is 154 g/mol. The van der Waals surface area contributed by atoms with Gasteiger partial charge in [-0.2, -0.15) is 0 Å². The van der Waals surface area contributed by atoms with Gasteiger partial charge in [0.25, 0.3) is 0 Å². The fraction of sp³-hybridized carbons (Fsp3) is 1.00. The molecule has 8 heavy (non-hydrogen) atoms. The van der Waals surface area contributed by atoms with E-state index in [1.807, 2.05) is 0 Å². The van der Waals surface area contributed by atoms with E-state index in [0.29, 0.717) is 6.42 Å². The summed E-state index contributed by atoms with van der Waals surface area (Å²) in [5.74, 6) is 0.251. The highest BCUT2D eigenvalue weighted by molar-refractivity contribution is 7.79. The standard InChI is InChI=1S/C3H10NO2PS/c5-8(6)3-1-2-4-7/h4H,1-3,7H2,(H,5,6)/p-1. The molecule has 0 saturated carbocycles. The van der Waals surface area contributed by atoms with Crippen molar-refractivity contribution in [2.24, 2.45) is 0 Å². The summed E-state index contributed by atoms with van der Waals surface area (Å²) in [5.41, 5.74) is 0. The second kappa shape index (κ2) is 5.63. The smallest absolute Gasteiger partial charge is 0.0114 e. The third-order valence-corrected chi connectivity index (χ3v) is 1.54. The van der Waals surface area contributed by atoms with Crippen LogP contribution in [-0.2, 0) is 11.1 Å². The van der Waals surface area contributed by atoms with Crippen LogP contribution >= 0.6 is 9.39 Å². The second-order valence-electron chi connectivity index (χ2n) is 1.32. The molecule has 0 bridgehead atoms. The number of hydrogen-bond donors (Lipinski definition) is 1. The summed E-state index contributed by atoms with van der Waals surface area (Å²) in [6.07, 6.45) is 0.680. The molecule has 2 unspecified atom stereocenters. The molecule has 0 rings (SSSR count). The Morgan fingerprint density at radius 3 is 2.75 bits per heavy atom. The first kappa shape index (κ1) is 8.50. The highest BCUT2D eigenvalue weighted by atomic mass is 32.2. The van der Waals surface area contributed by atoms with Crippen LogP contribution in [0.25, 0.3) is 0 Å². The first-order valence-electron chi connectivity index (χ1n) is 2.26. The van der Waals surface area contributed by atoms with E-state index in [2.05, 4.69) is 14.5 Å². The van der Waals surface area contributed by atoms with Crippen molar-refractivity contribution in [1.29, 1.82) is 0 Å². The highest BCUT2D eigenvalue weighted by Crippen LogP contribution is 1.81. The van der Waals surface area contributed by atoms with E-state index < -0.39 is 11.1 Å². The van der Waals surface area contributed by atoms with Gasteiger partial charge in [0.1, 0.15) is 0 Å². The number of rotatable bonds is 4. The summed E-state index contributed by atoms with van der Waals surface area (Å²) in [5, 5.41) is 2.77. The van der Waals surface area contributed by atoms with Crippen LogP contribution in [0.15, 0.2) is 0 Å². The molecule has 1 N–H and O–H groups in total. The Labute approximate surface area is 53.8 Å². The maximum atomic E-state index is 9.84. The largest absolute Gasteiger partial charge is 0.772 e. The topological polar surface area (TPSA) is 52.2 Å². The van der Waals surface area contributed by atoms with Gasteiger partial charge in [-0.05, 0) is 13.0 Å². The SMILES string of the molecule is O=S([O-])CCCNP. The van der Waals surface area contributed by atoms with Gasteiger partial charge in [-0.3, -0.25) is 4.21 Å². The quantitative estimate of drug-likeness (QED) is 0.341. The molecule has 2 atom stereocenters. The normalized spacial score (nSPS) is 13.8. The van der Waals surface area contributed by atoms with Gasteiger partial charge in [0.15, 0.2) is 0 Å². The lowest BCUT2D eigenvalue weighted by Crippen LogP contribution is -2.05. The Hall–Kier alpha value is 0.500. The van der Waals surface area contributed by atoms with Crippen LogP contribution in [0.4, 0.5) is 0 Å². The maximum absolute atomic E-state index is 9.84. The van der Waals surface area contributed by atoms with Gasteiger partial charge in [0.05, 0.1) is 0 Å². The van der Waals surface area contributed by atoms with E-state index in [4.69, 9.17) is 0 Å². The molecule has 0 aromatic heterocycles. The van der Waals surface area contributed by atoms with Crippen LogP contribution in [0.1, 0.15) is 6.42 Å². The number of nitrogens with one attached hydrogen (secondary N) is 1. The molecule has 0 fully saturated rings. The van der Waals surface area contributed by atoms with Crippen molar-refractivity contribution in [3.63, 3.8) is 0 Å². The van der Waals surface area contributed by atoms with E-state index >= 15 is 0 Å². The molecule has 0 aromatic carbocycles. The van der Waals surface area contributed by atoms with Crippen molar-refractivity contribution in [3.05, 3.63) is 0 Å². The Morgan fingerprint density at radius 1 is 1.75 bits per heavy atom. The van der Waals surface area contributed by atoms with Gasteiger partial charge in [0, 0.05) is 5.75 Å². The van der Waals surface area contributed by atoms with Gasteiger partial charge < -0.3 is 9.64 Å². The minimum atomic E-state index is -1.87. The lowest BCUT2D eigenvalue weighted by Gasteiger charge is -2.01. The van der Waals surface area contributed by atoms with Crippen molar-refractivity contribution < 1.29 is 8.76 Å². The fourth-order valence-corrected chi connectivity index (χ4v) is 0.876. The summed E-state index contributed by atoms with van der Waals surface area (Å²) < 4.78 is 19.7. The van der Waals surface area contributed by atoms with Gasteiger partial charge in [0.2, 0.25) is 0 Å². The zero-order valence-corrected chi connectivity index (χ0v) is 6.39. The Kier molecular flexibility index (Phi) is 5.99. The lowest BCUT2D eigenvalue weighted by atomic mass is 10.5. The minimum absolute atomic E-state index is 0.251. The summed E-state index contributed by atoms with van der Waals surface area (Å²) in [6, 6.07) is 0. The van der Waals surface area contributed by atoms with E-state index in [9.17, 15) is 8.76 Å². The van der Waals surface area contributed by atoms with Gasteiger partial charge in [-0.25, -0.2) is 0 Å². The molecular formula is C3H9NO2PS-. The van der Waals surface area contributed by atoms with Crippen molar-refractivity contribution >= 4 is 20.5 Å². The van der Waals surface area contributed by atoms with Crippen LogP contribution in [0.3, 0.4) is 0 Å². The van der Waals surface area contributed by atoms with Crippen molar-refractivity contribution in [2.45, 2.75) is 6.42 Å². The first-order valence-corrected chi connectivity index (χ1v) is 4.09. The summed E-state index contributed by atoms with van der Waals surface area (Å²) in [4.78, 5) is 0. The van der Waals surface area contributed by atoms with Gasteiger partial charge in [-0.1, -0.05) is 20.5 Å². The van der Waals surface area contributed by atoms with Gasteiger partial charge >= 0.3 is 0 Å². The summed E-state index contributed by atoms with van der Waals surface area (Å²) in [7, 11) is 2.31. The number of hydrogen-bond acceptors (Lipinski definition) is 3. The van der Waals surface area contributed by atoms with E-state index in [-0.39, 0.29) is 5.75 Å². The molecule has 0 aromatic rings. The predicted octanol–water partition coefficient (Wildman–Crippen LogP) is -0.365. The van der Waals surface area contributed by atoms with Crippen LogP contribution in [0.2, 0.25) is 0 Å². The fourth-order valence-electron chi connectivity index (χ4n) is 0.292. The molecule has 0 aliphatic rings. The first-order chi connectivity index (χ1) is 3.77.